The van der Waals surface area contributed by atoms with Crippen molar-refractivity contribution in [2.45, 2.75) is 38.8 Å². The first-order chi connectivity index (χ1) is 10.7. The van der Waals surface area contributed by atoms with E-state index in [-0.39, 0.29) is 6.03 Å². The molecule has 0 atom stereocenters. The largest absolute Gasteiger partial charge is 0.338 e. The van der Waals surface area contributed by atoms with E-state index >= 15 is 0 Å². The van der Waals surface area contributed by atoms with Crippen LogP contribution in [0.2, 0.25) is 0 Å². The van der Waals surface area contributed by atoms with Crippen molar-refractivity contribution in [3.63, 3.8) is 0 Å². The normalized spacial score (nSPS) is 13.9. The van der Waals surface area contributed by atoms with Gasteiger partial charge in [-0.1, -0.05) is 6.07 Å². The Hall–Kier alpha value is -1.95. The number of thiazole rings is 1. The molecule has 3 rings (SSSR count). The second-order valence-corrected chi connectivity index (χ2v) is 6.49. The number of aryl methyl sites for hydroxylation is 1. The summed E-state index contributed by atoms with van der Waals surface area (Å²) >= 11 is 1.64. The van der Waals surface area contributed by atoms with Crippen LogP contribution in [-0.4, -0.2) is 33.5 Å². The second kappa shape index (κ2) is 6.87. The first-order valence-electron chi connectivity index (χ1n) is 7.58. The van der Waals surface area contributed by atoms with Crippen molar-refractivity contribution < 1.29 is 4.79 Å². The SMILES string of the molecule is Cc1csc(CCNC(=O)N(Cc2ccccn2)C2CC2)n1. The van der Waals surface area contributed by atoms with Gasteiger partial charge >= 0.3 is 6.03 Å². The van der Waals surface area contributed by atoms with Crippen LogP contribution in [0.3, 0.4) is 0 Å². The van der Waals surface area contributed by atoms with Crippen molar-refractivity contribution in [2.24, 2.45) is 0 Å². The average Bonchev–Trinajstić information content (AvgIpc) is 3.28. The minimum Gasteiger partial charge on any atom is -0.338 e. The summed E-state index contributed by atoms with van der Waals surface area (Å²) in [4.78, 5) is 23.0. The summed E-state index contributed by atoms with van der Waals surface area (Å²) in [6, 6.07) is 6.17. The molecule has 0 bridgehead atoms. The molecule has 1 fully saturated rings. The fraction of sp³-hybridized carbons (Fsp3) is 0.438. The van der Waals surface area contributed by atoms with E-state index in [1.54, 1.807) is 17.5 Å². The predicted octanol–water partition coefficient (Wildman–Crippen LogP) is 2.76. The van der Waals surface area contributed by atoms with Gasteiger partial charge in [-0.2, -0.15) is 0 Å². The number of rotatable bonds is 6. The van der Waals surface area contributed by atoms with Crippen molar-refractivity contribution >= 4 is 17.4 Å². The van der Waals surface area contributed by atoms with Crippen LogP contribution >= 0.6 is 11.3 Å². The molecular weight excluding hydrogens is 296 g/mol. The zero-order valence-corrected chi connectivity index (χ0v) is 13.5. The molecular formula is C16H20N4OS. The zero-order valence-electron chi connectivity index (χ0n) is 12.7. The van der Waals surface area contributed by atoms with Crippen molar-refractivity contribution in [3.8, 4) is 0 Å². The average molecular weight is 316 g/mol. The van der Waals surface area contributed by atoms with E-state index in [0.717, 1.165) is 35.7 Å². The Morgan fingerprint density at radius 3 is 2.95 bits per heavy atom. The topological polar surface area (TPSA) is 58.1 Å². The Bertz CT molecular complexity index is 624. The van der Waals surface area contributed by atoms with E-state index in [0.29, 0.717) is 19.1 Å². The van der Waals surface area contributed by atoms with Crippen molar-refractivity contribution in [3.05, 3.63) is 46.2 Å². The maximum absolute atomic E-state index is 12.4. The van der Waals surface area contributed by atoms with E-state index in [1.807, 2.05) is 35.4 Å². The molecule has 1 aliphatic rings. The molecule has 116 valence electrons. The molecule has 0 radical (unpaired) electrons. The van der Waals surface area contributed by atoms with Gasteiger partial charge < -0.3 is 10.2 Å². The minimum absolute atomic E-state index is 0.00133. The first kappa shape index (κ1) is 15.0. The molecule has 2 aromatic heterocycles. The van der Waals surface area contributed by atoms with E-state index in [4.69, 9.17) is 0 Å². The molecule has 2 amide bonds. The number of nitrogens with one attached hydrogen (secondary N) is 1. The van der Waals surface area contributed by atoms with Crippen LogP contribution in [0.4, 0.5) is 4.79 Å². The molecule has 2 aromatic rings. The van der Waals surface area contributed by atoms with Crippen molar-refractivity contribution in [1.29, 1.82) is 0 Å². The number of amides is 2. The Labute approximate surface area is 134 Å². The molecule has 0 spiro atoms. The Balaban J connectivity index is 1.52. The van der Waals surface area contributed by atoms with Gasteiger partial charge in [0.2, 0.25) is 0 Å². The van der Waals surface area contributed by atoms with Gasteiger partial charge in [-0.05, 0) is 31.9 Å². The molecule has 2 heterocycles. The Kier molecular flexibility index (Phi) is 4.68. The molecule has 0 saturated heterocycles. The number of urea groups is 1. The maximum atomic E-state index is 12.4. The summed E-state index contributed by atoms with van der Waals surface area (Å²) in [5.41, 5.74) is 1.97. The van der Waals surface area contributed by atoms with Gasteiger partial charge in [0.15, 0.2) is 0 Å². The summed E-state index contributed by atoms with van der Waals surface area (Å²) in [6.07, 6.45) is 4.73. The Morgan fingerprint density at radius 2 is 2.32 bits per heavy atom. The number of hydrogen-bond donors (Lipinski definition) is 1. The van der Waals surface area contributed by atoms with Gasteiger partial charge in [-0.3, -0.25) is 4.98 Å². The molecule has 6 heteroatoms. The number of pyridine rings is 1. The Morgan fingerprint density at radius 1 is 1.45 bits per heavy atom. The highest BCUT2D eigenvalue weighted by molar-refractivity contribution is 7.09. The summed E-state index contributed by atoms with van der Waals surface area (Å²) in [5, 5.41) is 6.11. The van der Waals surface area contributed by atoms with Gasteiger partial charge in [0, 0.05) is 36.3 Å². The second-order valence-electron chi connectivity index (χ2n) is 5.54. The molecule has 5 nitrogen and oxygen atoms in total. The third-order valence-electron chi connectivity index (χ3n) is 3.59. The van der Waals surface area contributed by atoms with Crippen LogP contribution in [-0.2, 0) is 13.0 Å². The lowest BCUT2D eigenvalue weighted by Crippen LogP contribution is -2.41. The number of carbonyl (C=O) groups is 1. The number of aromatic nitrogens is 2. The highest BCUT2D eigenvalue weighted by atomic mass is 32.1. The molecule has 0 unspecified atom stereocenters. The third kappa shape index (κ3) is 4.04. The summed E-state index contributed by atoms with van der Waals surface area (Å²) in [6.45, 7) is 3.19. The van der Waals surface area contributed by atoms with E-state index in [9.17, 15) is 4.79 Å². The van der Waals surface area contributed by atoms with E-state index < -0.39 is 0 Å². The molecule has 1 N–H and O–H groups in total. The van der Waals surface area contributed by atoms with Crippen LogP contribution in [0.1, 0.15) is 29.2 Å². The van der Waals surface area contributed by atoms with Crippen LogP contribution in [0.25, 0.3) is 0 Å². The third-order valence-corrected chi connectivity index (χ3v) is 4.62. The standard InChI is InChI=1S/C16H20N4OS/c1-12-11-22-15(19-12)7-9-18-16(21)20(14-5-6-14)10-13-4-2-3-8-17-13/h2-4,8,11,14H,5-7,9-10H2,1H3,(H,18,21). The fourth-order valence-corrected chi connectivity index (χ4v) is 3.09. The van der Waals surface area contributed by atoms with Crippen molar-refractivity contribution in [2.75, 3.05) is 6.54 Å². The minimum atomic E-state index is 0.00133. The molecule has 1 saturated carbocycles. The summed E-state index contributed by atoms with van der Waals surface area (Å²) in [5.74, 6) is 0. The zero-order chi connectivity index (χ0) is 15.4. The molecule has 1 aliphatic carbocycles. The number of hydrogen-bond acceptors (Lipinski definition) is 4. The van der Waals surface area contributed by atoms with Gasteiger partial charge in [0.05, 0.1) is 17.2 Å². The van der Waals surface area contributed by atoms with Gasteiger partial charge in [-0.15, -0.1) is 11.3 Å². The van der Waals surface area contributed by atoms with Crippen molar-refractivity contribution in [1.82, 2.24) is 20.2 Å². The molecule has 22 heavy (non-hydrogen) atoms. The lowest BCUT2D eigenvalue weighted by Gasteiger charge is -2.22. The van der Waals surface area contributed by atoms with Gasteiger partial charge in [-0.25, -0.2) is 9.78 Å². The van der Waals surface area contributed by atoms with Crippen LogP contribution in [0, 0.1) is 6.92 Å². The lowest BCUT2D eigenvalue weighted by molar-refractivity contribution is 0.191. The van der Waals surface area contributed by atoms with E-state index in [1.165, 1.54) is 0 Å². The first-order valence-corrected chi connectivity index (χ1v) is 8.46. The number of carbonyl (C=O) groups excluding carboxylic acids is 1. The summed E-state index contributed by atoms with van der Waals surface area (Å²) < 4.78 is 0. The van der Waals surface area contributed by atoms with Gasteiger partial charge in [0.1, 0.15) is 0 Å². The molecule has 0 aliphatic heterocycles. The maximum Gasteiger partial charge on any atom is 0.318 e. The van der Waals surface area contributed by atoms with Crippen LogP contribution in [0.15, 0.2) is 29.8 Å². The predicted molar refractivity (Wildman–Crippen MR) is 86.8 cm³/mol. The fourth-order valence-electron chi connectivity index (χ4n) is 2.31. The number of nitrogens with zero attached hydrogens (tertiary/aromatic N) is 3. The summed E-state index contributed by atoms with van der Waals surface area (Å²) in [7, 11) is 0. The van der Waals surface area contributed by atoms with E-state index in [2.05, 4.69) is 15.3 Å². The van der Waals surface area contributed by atoms with Crippen LogP contribution in [0.5, 0.6) is 0 Å². The lowest BCUT2D eigenvalue weighted by atomic mass is 10.3. The quantitative estimate of drug-likeness (QED) is 0.891. The van der Waals surface area contributed by atoms with Crippen LogP contribution < -0.4 is 5.32 Å². The highest BCUT2D eigenvalue weighted by Gasteiger charge is 2.32. The van der Waals surface area contributed by atoms with Gasteiger partial charge in [0.25, 0.3) is 0 Å². The highest BCUT2D eigenvalue weighted by Crippen LogP contribution is 2.28. The molecule has 0 aromatic carbocycles. The monoisotopic (exact) mass is 316 g/mol. The smallest absolute Gasteiger partial charge is 0.318 e.